The van der Waals surface area contributed by atoms with Gasteiger partial charge in [0.1, 0.15) is 6.67 Å². The molecule has 2 aromatic rings. The number of aryl methyl sites for hydroxylation is 1. The van der Waals surface area contributed by atoms with E-state index in [-0.39, 0.29) is 24.1 Å². The lowest BCUT2D eigenvalue weighted by molar-refractivity contribution is -0.138. The molecule has 5 nitrogen and oxygen atoms in total. The Bertz CT molecular complexity index is 706. The molecule has 1 aliphatic rings. The smallest absolute Gasteiger partial charge is 0.321 e. The Kier molecular flexibility index (Phi) is 3.95. The Balaban J connectivity index is 1.88. The maximum atomic E-state index is 13.0. The van der Waals surface area contributed by atoms with Gasteiger partial charge >= 0.3 is 6.18 Å². The summed E-state index contributed by atoms with van der Waals surface area (Å²) in [5.41, 5.74) is 0.457. The molecule has 0 radical (unpaired) electrons. The van der Waals surface area contributed by atoms with Crippen LogP contribution in [0.2, 0.25) is 0 Å². The van der Waals surface area contributed by atoms with Crippen molar-refractivity contribution >= 4 is 11.6 Å². The van der Waals surface area contributed by atoms with E-state index in [0.717, 1.165) is 6.20 Å². The Morgan fingerprint density at radius 3 is 2.65 bits per heavy atom. The fourth-order valence-electron chi connectivity index (χ4n) is 2.34. The number of hydrogen-bond acceptors (Lipinski definition) is 4. The summed E-state index contributed by atoms with van der Waals surface area (Å²) in [6.07, 6.45) is -0.772. The zero-order chi connectivity index (χ0) is 16.6. The van der Waals surface area contributed by atoms with Gasteiger partial charge in [-0.1, -0.05) is 0 Å². The molecule has 124 valence electrons. The molecule has 0 unspecified atom stereocenters. The number of nitrogens with one attached hydrogen (secondary N) is 1. The van der Waals surface area contributed by atoms with E-state index >= 15 is 0 Å². The van der Waals surface area contributed by atoms with Crippen molar-refractivity contribution in [3.8, 4) is 0 Å². The van der Waals surface area contributed by atoms with Gasteiger partial charge in [-0.25, -0.2) is 14.4 Å². The molecular weight excluding hydrogens is 314 g/mol. The minimum atomic E-state index is -4.46. The van der Waals surface area contributed by atoms with Crippen molar-refractivity contribution in [3.63, 3.8) is 0 Å². The number of alkyl halides is 4. The molecule has 9 heteroatoms. The SMILES string of the molecule is Cc1c(Nc2ncc(C(F)(F)F)c(C3CC3)n2)cnn1CCF. The van der Waals surface area contributed by atoms with Crippen LogP contribution in [0.15, 0.2) is 12.4 Å². The summed E-state index contributed by atoms with van der Waals surface area (Å²) in [4.78, 5) is 7.79. The third-order valence-electron chi connectivity index (χ3n) is 3.73. The lowest BCUT2D eigenvalue weighted by Crippen LogP contribution is -2.13. The van der Waals surface area contributed by atoms with E-state index in [0.29, 0.717) is 24.2 Å². The standard InChI is InChI=1S/C14H15F4N5/c1-8-11(7-20-23(8)5-4-15)21-13-19-6-10(14(16,17)18)12(22-13)9-2-3-9/h6-7,9H,2-5H2,1H3,(H,19,21,22). The molecule has 0 bridgehead atoms. The van der Waals surface area contributed by atoms with E-state index in [4.69, 9.17) is 0 Å². The van der Waals surface area contributed by atoms with Gasteiger partial charge in [0.2, 0.25) is 5.95 Å². The van der Waals surface area contributed by atoms with Gasteiger partial charge < -0.3 is 5.32 Å². The van der Waals surface area contributed by atoms with Crippen LogP contribution in [0.25, 0.3) is 0 Å². The molecule has 3 rings (SSSR count). The third-order valence-corrected chi connectivity index (χ3v) is 3.73. The lowest BCUT2D eigenvalue weighted by atomic mass is 10.1. The predicted molar refractivity (Wildman–Crippen MR) is 75.2 cm³/mol. The normalized spacial score (nSPS) is 15.0. The summed E-state index contributed by atoms with van der Waals surface area (Å²) in [7, 11) is 0. The fraction of sp³-hybridized carbons (Fsp3) is 0.500. The maximum absolute atomic E-state index is 13.0. The first-order chi connectivity index (χ1) is 10.9. The van der Waals surface area contributed by atoms with Crippen LogP contribution in [0, 0.1) is 6.92 Å². The van der Waals surface area contributed by atoms with Crippen molar-refractivity contribution in [3.05, 3.63) is 29.3 Å². The topological polar surface area (TPSA) is 55.6 Å². The summed E-state index contributed by atoms with van der Waals surface area (Å²) < 4.78 is 52.8. The van der Waals surface area contributed by atoms with Crippen LogP contribution in [0.1, 0.15) is 35.7 Å². The molecule has 1 aliphatic carbocycles. The number of anilines is 2. The second-order valence-corrected chi connectivity index (χ2v) is 5.45. The van der Waals surface area contributed by atoms with Crippen molar-refractivity contribution < 1.29 is 17.6 Å². The van der Waals surface area contributed by atoms with Gasteiger partial charge in [-0.2, -0.15) is 18.3 Å². The minimum absolute atomic E-state index is 0.0313. The molecule has 2 aromatic heterocycles. The van der Waals surface area contributed by atoms with Crippen molar-refractivity contribution in [2.24, 2.45) is 0 Å². The molecule has 2 heterocycles. The largest absolute Gasteiger partial charge is 0.419 e. The van der Waals surface area contributed by atoms with E-state index in [9.17, 15) is 17.6 Å². The number of aromatic nitrogens is 4. The van der Waals surface area contributed by atoms with Gasteiger partial charge in [0, 0.05) is 12.1 Å². The highest BCUT2D eigenvalue weighted by Gasteiger charge is 2.40. The molecule has 0 aromatic carbocycles. The van der Waals surface area contributed by atoms with Crippen LogP contribution in [-0.4, -0.2) is 26.4 Å². The van der Waals surface area contributed by atoms with Gasteiger partial charge in [0.25, 0.3) is 0 Å². The molecule has 0 amide bonds. The molecule has 0 atom stereocenters. The molecule has 0 saturated heterocycles. The highest BCUT2D eigenvalue weighted by Crippen LogP contribution is 2.44. The molecular formula is C14H15F4N5. The van der Waals surface area contributed by atoms with Crippen molar-refractivity contribution in [1.29, 1.82) is 0 Å². The fourth-order valence-corrected chi connectivity index (χ4v) is 2.34. The second-order valence-electron chi connectivity index (χ2n) is 5.45. The van der Waals surface area contributed by atoms with Gasteiger partial charge in [0.05, 0.1) is 35.4 Å². The van der Waals surface area contributed by atoms with Gasteiger partial charge in [-0.05, 0) is 19.8 Å². The van der Waals surface area contributed by atoms with Crippen molar-refractivity contribution in [2.75, 3.05) is 12.0 Å². The Morgan fingerprint density at radius 1 is 1.30 bits per heavy atom. The quantitative estimate of drug-likeness (QED) is 0.852. The van der Waals surface area contributed by atoms with Crippen LogP contribution < -0.4 is 5.32 Å². The molecule has 1 N–H and O–H groups in total. The van der Waals surface area contributed by atoms with Crippen LogP contribution in [-0.2, 0) is 12.7 Å². The van der Waals surface area contributed by atoms with Crippen LogP contribution in [0.5, 0.6) is 0 Å². The zero-order valence-corrected chi connectivity index (χ0v) is 12.4. The highest BCUT2D eigenvalue weighted by atomic mass is 19.4. The van der Waals surface area contributed by atoms with Gasteiger partial charge in [0.15, 0.2) is 0 Å². The van der Waals surface area contributed by atoms with Gasteiger partial charge in [-0.15, -0.1) is 0 Å². The zero-order valence-electron chi connectivity index (χ0n) is 12.4. The van der Waals surface area contributed by atoms with Crippen molar-refractivity contribution in [2.45, 2.75) is 38.4 Å². The number of rotatable bonds is 5. The molecule has 0 aliphatic heterocycles. The van der Waals surface area contributed by atoms with Gasteiger partial charge in [-0.3, -0.25) is 4.68 Å². The maximum Gasteiger partial charge on any atom is 0.419 e. The van der Waals surface area contributed by atoms with E-state index < -0.39 is 18.4 Å². The molecule has 1 saturated carbocycles. The van der Waals surface area contributed by atoms with Crippen LogP contribution >= 0.6 is 0 Å². The summed E-state index contributed by atoms with van der Waals surface area (Å²) >= 11 is 0. The Morgan fingerprint density at radius 2 is 2.04 bits per heavy atom. The Hall–Kier alpha value is -2.19. The van der Waals surface area contributed by atoms with E-state index in [1.807, 2.05) is 0 Å². The van der Waals surface area contributed by atoms with Crippen molar-refractivity contribution in [1.82, 2.24) is 19.7 Å². The molecule has 23 heavy (non-hydrogen) atoms. The lowest BCUT2D eigenvalue weighted by Gasteiger charge is -2.13. The van der Waals surface area contributed by atoms with Crippen LogP contribution in [0.4, 0.5) is 29.2 Å². The first kappa shape index (κ1) is 15.7. The summed E-state index contributed by atoms with van der Waals surface area (Å²) in [5, 5.41) is 6.86. The van der Waals surface area contributed by atoms with E-state index in [2.05, 4.69) is 20.4 Å². The average Bonchev–Trinajstić information content (AvgIpc) is 3.28. The predicted octanol–water partition coefficient (Wildman–Crippen LogP) is 3.59. The van der Waals surface area contributed by atoms with Crippen LogP contribution in [0.3, 0.4) is 0 Å². The number of hydrogen-bond donors (Lipinski definition) is 1. The first-order valence-electron chi connectivity index (χ1n) is 7.19. The van der Waals surface area contributed by atoms with E-state index in [1.54, 1.807) is 6.92 Å². The highest BCUT2D eigenvalue weighted by molar-refractivity contribution is 5.55. The number of nitrogens with zero attached hydrogens (tertiary/aromatic N) is 4. The summed E-state index contributed by atoms with van der Waals surface area (Å²) in [6.45, 7) is 1.30. The summed E-state index contributed by atoms with van der Waals surface area (Å²) in [6, 6.07) is 0. The minimum Gasteiger partial charge on any atom is -0.321 e. The molecule has 1 fully saturated rings. The van der Waals surface area contributed by atoms with E-state index in [1.165, 1.54) is 10.9 Å². The Labute approximate surface area is 129 Å². The average molecular weight is 329 g/mol. The first-order valence-corrected chi connectivity index (χ1v) is 7.19. The monoisotopic (exact) mass is 329 g/mol. The molecule has 0 spiro atoms. The summed E-state index contributed by atoms with van der Waals surface area (Å²) in [5.74, 6) is -0.0756. The second kappa shape index (κ2) is 5.78. The number of halogens is 4. The third kappa shape index (κ3) is 3.27.